The van der Waals surface area contributed by atoms with Crippen LogP contribution in [0.2, 0.25) is 0 Å². The Morgan fingerprint density at radius 2 is 2.15 bits per heavy atom. The van der Waals surface area contributed by atoms with E-state index in [9.17, 15) is 15.2 Å². The molecule has 2 aromatic heterocycles. The van der Waals surface area contributed by atoms with E-state index in [2.05, 4.69) is 26.3 Å². The number of methoxy groups -OCH3 is 1. The number of nitriles is 1. The summed E-state index contributed by atoms with van der Waals surface area (Å²) in [5.74, 6) is 1.66. The minimum atomic E-state index is -0.541. The SMILES string of the molecule is COc1cc(CO)c(-c2cn3ccc(N4CCC(NC(=O)OC(C)(C)C)C4)nc3n2)cc1C#N. The standard InChI is InChI=1S/C24H28N6O4/c1-24(2,3)34-23(32)26-17-5-7-29(12-17)21-6-8-30-13-19(27-22(30)28-21)18-9-15(11-25)20(33-4)10-16(18)14-31/h6,8-10,13,17,31H,5,7,12,14H2,1-4H3,(H,26,32). The summed E-state index contributed by atoms with van der Waals surface area (Å²) in [6.07, 6.45) is 4.05. The summed E-state index contributed by atoms with van der Waals surface area (Å²) in [7, 11) is 1.49. The van der Waals surface area contributed by atoms with E-state index >= 15 is 0 Å². The van der Waals surface area contributed by atoms with Gasteiger partial charge in [0.25, 0.3) is 0 Å². The van der Waals surface area contributed by atoms with Crippen molar-refractivity contribution in [3.05, 3.63) is 41.7 Å². The number of hydrogen-bond donors (Lipinski definition) is 2. The van der Waals surface area contributed by atoms with Crippen molar-refractivity contribution in [1.82, 2.24) is 19.7 Å². The largest absolute Gasteiger partial charge is 0.495 e. The molecule has 1 amide bonds. The number of benzene rings is 1. The van der Waals surface area contributed by atoms with Crippen LogP contribution in [0.1, 0.15) is 38.3 Å². The molecule has 10 heteroatoms. The molecule has 1 aliphatic heterocycles. The van der Waals surface area contributed by atoms with Gasteiger partial charge in [-0.2, -0.15) is 10.2 Å². The van der Waals surface area contributed by atoms with Gasteiger partial charge in [-0.05, 0) is 51.0 Å². The Labute approximate surface area is 197 Å². The molecule has 1 aliphatic rings. The number of carbonyl (C=O) groups excluding carboxylic acids is 1. The van der Waals surface area contributed by atoms with E-state index in [4.69, 9.17) is 9.47 Å². The highest BCUT2D eigenvalue weighted by Crippen LogP contribution is 2.31. The van der Waals surface area contributed by atoms with Crippen LogP contribution in [0.25, 0.3) is 17.0 Å². The van der Waals surface area contributed by atoms with E-state index in [1.807, 2.05) is 39.2 Å². The zero-order valence-corrected chi connectivity index (χ0v) is 19.7. The fraction of sp³-hybridized carbons (Fsp3) is 0.417. The normalized spacial score (nSPS) is 15.9. The number of ether oxygens (including phenoxy) is 2. The van der Waals surface area contributed by atoms with Gasteiger partial charge in [-0.15, -0.1) is 0 Å². The van der Waals surface area contributed by atoms with Gasteiger partial charge in [0.15, 0.2) is 0 Å². The molecule has 0 radical (unpaired) electrons. The molecule has 0 aliphatic carbocycles. The summed E-state index contributed by atoms with van der Waals surface area (Å²) < 4.78 is 12.4. The highest BCUT2D eigenvalue weighted by Gasteiger charge is 2.27. The van der Waals surface area contributed by atoms with Gasteiger partial charge in [-0.3, -0.25) is 4.40 Å². The van der Waals surface area contributed by atoms with Gasteiger partial charge in [0, 0.05) is 31.0 Å². The number of fused-ring (bicyclic) bond motifs is 1. The lowest BCUT2D eigenvalue weighted by atomic mass is 10.0. The minimum Gasteiger partial charge on any atom is -0.495 e. The van der Waals surface area contributed by atoms with Crippen LogP contribution < -0.4 is 15.0 Å². The first-order valence-corrected chi connectivity index (χ1v) is 11.0. The molecule has 10 nitrogen and oxygen atoms in total. The Balaban J connectivity index is 1.55. The van der Waals surface area contributed by atoms with Gasteiger partial charge < -0.3 is 24.8 Å². The topological polar surface area (TPSA) is 125 Å². The maximum Gasteiger partial charge on any atom is 0.407 e. The van der Waals surface area contributed by atoms with Crippen molar-refractivity contribution in [3.8, 4) is 23.1 Å². The first kappa shape index (κ1) is 23.3. The van der Waals surface area contributed by atoms with Gasteiger partial charge >= 0.3 is 6.09 Å². The lowest BCUT2D eigenvalue weighted by Gasteiger charge is -2.22. The fourth-order valence-corrected chi connectivity index (χ4v) is 3.98. The number of aliphatic hydroxyl groups is 1. The number of alkyl carbamates (subject to hydrolysis) is 1. The van der Waals surface area contributed by atoms with E-state index in [1.165, 1.54) is 7.11 Å². The van der Waals surface area contributed by atoms with Gasteiger partial charge in [0.1, 0.15) is 23.2 Å². The second-order valence-corrected chi connectivity index (χ2v) is 9.18. The number of amides is 1. The molecule has 1 saturated heterocycles. The zero-order valence-electron chi connectivity index (χ0n) is 19.7. The van der Waals surface area contributed by atoms with E-state index < -0.39 is 11.7 Å². The number of nitrogens with zero attached hydrogens (tertiary/aromatic N) is 5. The van der Waals surface area contributed by atoms with Crippen molar-refractivity contribution in [2.24, 2.45) is 0 Å². The first-order valence-electron chi connectivity index (χ1n) is 11.0. The lowest BCUT2D eigenvalue weighted by Crippen LogP contribution is -2.40. The first-order chi connectivity index (χ1) is 16.2. The average Bonchev–Trinajstić information content (AvgIpc) is 3.43. The van der Waals surface area contributed by atoms with Crippen molar-refractivity contribution < 1.29 is 19.4 Å². The molecule has 1 fully saturated rings. The summed E-state index contributed by atoms with van der Waals surface area (Å²) in [6, 6.07) is 7.30. The van der Waals surface area contributed by atoms with Crippen LogP contribution >= 0.6 is 0 Å². The molecule has 0 bridgehead atoms. The quantitative estimate of drug-likeness (QED) is 0.591. The van der Waals surface area contributed by atoms with Crippen LogP contribution in [0.4, 0.5) is 10.6 Å². The van der Waals surface area contributed by atoms with Crippen LogP contribution in [-0.2, 0) is 11.3 Å². The Morgan fingerprint density at radius 3 is 2.82 bits per heavy atom. The predicted molar refractivity (Wildman–Crippen MR) is 126 cm³/mol. The molecule has 3 heterocycles. The predicted octanol–water partition coefficient (Wildman–Crippen LogP) is 2.87. The fourth-order valence-electron chi connectivity index (χ4n) is 3.98. The third-order valence-corrected chi connectivity index (χ3v) is 5.54. The lowest BCUT2D eigenvalue weighted by molar-refractivity contribution is 0.0509. The number of hydrogen-bond acceptors (Lipinski definition) is 8. The van der Waals surface area contributed by atoms with E-state index in [-0.39, 0.29) is 12.6 Å². The molecule has 1 unspecified atom stereocenters. The number of aromatic nitrogens is 3. The van der Waals surface area contributed by atoms with E-state index in [0.29, 0.717) is 40.5 Å². The van der Waals surface area contributed by atoms with E-state index in [0.717, 1.165) is 18.8 Å². The zero-order chi connectivity index (χ0) is 24.5. The summed E-state index contributed by atoms with van der Waals surface area (Å²) in [5.41, 5.74) is 1.67. The highest BCUT2D eigenvalue weighted by atomic mass is 16.6. The number of anilines is 1. The number of aliphatic hydroxyl groups excluding tert-OH is 1. The third kappa shape index (κ3) is 4.89. The Bertz CT molecular complexity index is 1260. The molecule has 178 valence electrons. The van der Waals surface area contributed by atoms with Crippen molar-refractivity contribution in [3.63, 3.8) is 0 Å². The van der Waals surface area contributed by atoms with Gasteiger partial charge in [-0.25, -0.2) is 9.78 Å². The van der Waals surface area contributed by atoms with Crippen LogP contribution in [0.5, 0.6) is 5.75 Å². The monoisotopic (exact) mass is 464 g/mol. The van der Waals surface area contributed by atoms with Crippen molar-refractivity contribution in [2.45, 2.75) is 45.4 Å². The second-order valence-electron chi connectivity index (χ2n) is 9.18. The molecule has 0 saturated carbocycles. The molecule has 2 N–H and O–H groups in total. The Kier molecular flexibility index (Phi) is 6.30. The summed E-state index contributed by atoms with van der Waals surface area (Å²) in [5, 5.41) is 22.2. The smallest absolute Gasteiger partial charge is 0.407 e. The molecule has 1 aromatic carbocycles. The van der Waals surface area contributed by atoms with Crippen molar-refractivity contribution in [1.29, 1.82) is 5.26 Å². The van der Waals surface area contributed by atoms with Crippen LogP contribution in [0.3, 0.4) is 0 Å². The summed E-state index contributed by atoms with van der Waals surface area (Å²) >= 11 is 0. The number of rotatable bonds is 5. The summed E-state index contributed by atoms with van der Waals surface area (Å²) in [4.78, 5) is 23.5. The number of nitrogens with one attached hydrogen (secondary N) is 1. The van der Waals surface area contributed by atoms with Crippen LogP contribution in [-0.4, -0.2) is 57.4 Å². The molecule has 4 rings (SSSR count). The Morgan fingerprint density at radius 1 is 1.35 bits per heavy atom. The maximum atomic E-state index is 12.1. The Hall–Kier alpha value is -3.84. The molecule has 3 aromatic rings. The third-order valence-electron chi connectivity index (χ3n) is 5.54. The maximum absolute atomic E-state index is 12.1. The van der Waals surface area contributed by atoms with Gasteiger partial charge in [-0.1, -0.05) is 0 Å². The molecule has 34 heavy (non-hydrogen) atoms. The number of imidazole rings is 1. The second kappa shape index (κ2) is 9.19. The van der Waals surface area contributed by atoms with Crippen LogP contribution in [0.15, 0.2) is 30.6 Å². The van der Waals surface area contributed by atoms with E-state index in [1.54, 1.807) is 16.5 Å². The summed E-state index contributed by atoms with van der Waals surface area (Å²) in [6.45, 7) is 6.65. The highest BCUT2D eigenvalue weighted by molar-refractivity contribution is 5.70. The van der Waals surface area contributed by atoms with Crippen molar-refractivity contribution >= 4 is 17.7 Å². The molecule has 1 atom stereocenters. The average molecular weight is 465 g/mol. The molecule has 0 spiro atoms. The van der Waals surface area contributed by atoms with Gasteiger partial charge in [0.05, 0.1) is 31.0 Å². The molecular weight excluding hydrogens is 436 g/mol. The van der Waals surface area contributed by atoms with Crippen molar-refractivity contribution in [2.75, 3.05) is 25.1 Å². The van der Waals surface area contributed by atoms with Crippen LogP contribution in [0, 0.1) is 11.3 Å². The molecular formula is C24H28N6O4. The minimum absolute atomic E-state index is 0.0287. The number of carbonyl (C=O) groups is 1. The van der Waals surface area contributed by atoms with Gasteiger partial charge in [0.2, 0.25) is 5.78 Å².